The summed E-state index contributed by atoms with van der Waals surface area (Å²) >= 11 is 0. The lowest BCUT2D eigenvalue weighted by Gasteiger charge is -2.23. The van der Waals surface area contributed by atoms with E-state index in [1.165, 1.54) is 36.4 Å². The molecule has 0 aromatic heterocycles. The van der Waals surface area contributed by atoms with Gasteiger partial charge in [-0.25, -0.2) is 8.42 Å². The topological polar surface area (TPSA) is 215 Å². The lowest BCUT2D eigenvalue weighted by atomic mass is 9.82. The number of carbonyl (C=O) groups excluding carboxylic acids is 2. The number of carbonyl (C=O) groups is 2. The van der Waals surface area contributed by atoms with Crippen molar-refractivity contribution in [3.63, 3.8) is 0 Å². The maximum atomic E-state index is 13.3. The molecule has 0 saturated carbocycles. The molecule has 0 spiro atoms. The molecule has 1 aliphatic rings. The van der Waals surface area contributed by atoms with Crippen LogP contribution in [-0.4, -0.2) is 45.9 Å². The minimum absolute atomic E-state index is 0.0197. The number of hydrogen-bond donors (Lipinski definition) is 4. The second kappa shape index (κ2) is 8.89. The van der Waals surface area contributed by atoms with E-state index in [4.69, 9.17) is 10.3 Å². The van der Waals surface area contributed by atoms with Crippen LogP contribution in [-0.2, 0) is 30.1 Å². The Balaban J connectivity index is 1.91. The third-order valence-corrected chi connectivity index (χ3v) is 8.28. The van der Waals surface area contributed by atoms with Crippen molar-refractivity contribution in [3.8, 4) is 0 Å². The Kier molecular flexibility index (Phi) is 6.29. The second-order valence-corrected chi connectivity index (χ2v) is 12.3. The number of benzene rings is 3. The van der Waals surface area contributed by atoms with Gasteiger partial charge in [0, 0.05) is 22.2 Å². The summed E-state index contributed by atoms with van der Waals surface area (Å²) in [5.41, 5.74) is 4.23. The van der Waals surface area contributed by atoms with Gasteiger partial charge in [-0.15, -0.1) is 0 Å². The quantitative estimate of drug-likeness (QED) is 0.196. The van der Waals surface area contributed by atoms with Crippen LogP contribution in [0.4, 0.5) is 17.1 Å². The van der Waals surface area contributed by atoms with Crippen molar-refractivity contribution in [1.82, 2.24) is 0 Å². The third kappa shape index (κ3) is 5.03. The Labute approximate surface area is 210 Å². The number of nitrogen functional groups attached to an aromatic ring is 1. The van der Waals surface area contributed by atoms with E-state index in [1.54, 1.807) is 0 Å². The van der Waals surface area contributed by atoms with Crippen LogP contribution >= 0.6 is 0 Å². The monoisotopic (exact) mass is 564 g/mol. The number of nitrogens with two attached hydrogens (primary N) is 1. The number of sulfone groups is 1. The first kappa shape index (κ1) is 26.2. The summed E-state index contributed by atoms with van der Waals surface area (Å²) in [4.78, 5) is 25.3. The average molecular weight is 565 g/mol. The lowest BCUT2D eigenvalue weighted by molar-refractivity contribution is 0.0980. The van der Waals surface area contributed by atoms with Crippen LogP contribution in [0.15, 0.2) is 75.2 Å². The largest absolute Gasteiger partial charge is 0.397 e. The Morgan fingerprint density at radius 2 is 1.35 bits per heavy atom. The number of fused-ring (bicyclic) bond motifs is 2. The average Bonchev–Trinajstić information content (AvgIpc) is 2.81. The van der Waals surface area contributed by atoms with Gasteiger partial charge in [0.2, 0.25) is 9.84 Å². The molecule has 0 radical (unpaired) electrons. The van der Waals surface area contributed by atoms with Gasteiger partial charge in [-0.1, -0.05) is 30.3 Å². The van der Waals surface area contributed by atoms with Gasteiger partial charge in [-0.2, -0.15) is 16.8 Å². The SMILES string of the molecule is Nc1c(S(=O)(=O)O)cc(Nc2cccc(S(=O)(=O)/C=C/S(=O)(=O)O)c2)c2c1C(=O)c1ccccc1C2=O. The van der Waals surface area contributed by atoms with Crippen molar-refractivity contribution in [2.45, 2.75) is 9.79 Å². The van der Waals surface area contributed by atoms with Gasteiger partial charge in [-0.3, -0.25) is 18.7 Å². The Morgan fingerprint density at radius 3 is 1.92 bits per heavy atom. The summed E-state index contributed by atoms with van der Waals surface area (Å²) in [6.45, 7) is 0. The van der Waals surface area contributed by atoms with Crippen molar-refractivity contribution >= 4 is 58.7 Å². The van der Waals surface area contributed by atoms with Crippen molar-refractivity contribution in [3.05, 3.63) is 87.7 Å². The molecule has 5 N–H and O–H groups in total. The molecule has 0 unspecified atom stereocenters. The molecular weight excluding hydrogens is 548 g/mol. The number of hydrogen-bond acceptors (Lipinski definition) is 10. The summed E-state index contributed by atoms with van der Waals surface area (Å²) < 4.78 is 89.2. The standard InChI is InChI=1S/C22H16N2O10S3/c23-20-17(37(32,33)34)11-16(18-19(20)22(26)15-7-2-1-6-14(15)21(18)25)24-12-4-3-5-13(10-12)35(27,28)8-9-36(29,30)31/h1-11,24H,23H2,(H,29,30,31)(H,32,33,34)/b9-8+. The van der Waals surface area contributed by atoms with Crippen LogP contribution in [0.1, 0.15) is 31.8 Å². The maximum Gasteiger partial charge on any atom is 0.296 e. The van der Waals surface area contributed by atoms with Crippen LogP contribution in [0.2, 0.25) is 0 Å². The molecule has 0 heterocycles. The van der Waals surface area contributed by atoms with Crippen LogP contribution in [0.3, 0.4) is 0 Å². The molecule has 37 heavy (non-hydrogen) atoms. The molecule has 0 amide bonds. The predicted molar refractivity (Wildman–Crippen MR) is 132 cm³/mol. The Bertz CT molecular complexity index is 1860. The molecule has 192 valence electrons. The summed E-state index contributed by atoms with van der Waals surface area (Å²) in [5, 5.41) is 3.03. The van der Waals surface area contributed by atoms with E-state index >= 15 is 0 Å². The zero-order valence-corrected chi connectivity index (χ0v) is 20.8. The highest BCUT2D eigenvalue weighted by Crippen LogP contribution is 2.40. The summed E-state index contributed by atoms with van der Waals surface area (Å²) in [5.74, 6) is -1.44. The zero-order valence-electron chi connectivity index (χ0n) is 18.3. The molecular formula is C22H16N2O10S3. The fourth-order valence-corrected chi connectivity index (χ4v) is 6.24. The highest BCUT2D eigenvalue weighted by Gasteiger charge is 2.36. The van der Waals surface area contributed by atoms with E-state index in [-0.39, 0.29) is 38.9 Å². The van der Waals surface area contributed by atoms with Crippen LogP contribution < -0.4 is 11.1 Å². The molecule has 0 fully saturated rings. The Morgan fingerprint density at radius 1 is 0.757 bits per heavy atom. The second-order valence-electron chi connectivity index (χ2n) is 7.75. The fourth-order valence-electron chi connectivity index (χ4n) is 3.73. The number of rotatable bonds is 6. The van der Waals surface area contributed by atoms with E-state index < -0.39 is 62.7 Å². The Hall–Kier alpha value is -3.89. The molecule has 0 bridgehead atoms. The van der Waals surface area contributed by atoms with Gasteiger partial charge in [0.15, 0.2) is 11.6 Å². The van der Waals surface area contributed by atoms with Crippen molar-refractivity contribution in [2.24, 2.45) is 0 Å². The van der Waals surface area contributed by atoms with E-state index in [1.807, 2.05) is 0 Å². The van der Waals surface area contributed by atoms with Gasteiger partial charge in [0.25, 0.3) is 20.2 Å². The van der Waals surface area contributed by atoms with Crippen molar-refractivity contribution < 1.29 is 43.9 Å². The molecule has 0 aliphatic heterocycles. The molecule has 1 aliphatic carbocycles. The van der Waals surface area contributed by atoms with E-state index in [2.05, 4.69) is 5.32 Å². The normalized spacial score (nSPS) is 13.9. The first-order valence-corrected chi connectivity index (χ1v) is 14.5. The van der Waals surface area contributed by atoms with Crippen molar-refractivity contribution in [2.75, 3.05) is 11.1 Å². The van der Waals surface area contributed by atoms with Gasteiger partial charge < -0.3 is 11.1 Å². The number of anilines is 3. The van der Waals surface area contributed by atoms with Crippen LogP contribution in [0.5, 0.6) is 0 Å². The predicted octanol–water partition coefficient (Wildman–Crippen LogP) is 2.17. The smallest absolute Gasteiger partial charge is 0.296 e. The lowest BCUT2D eigenvalue weighted by Crippen LogP contribution is -2.25. The van der Waals surface area contributed by atoms with Gasteiger partial charge in [-0.05, 0) is 24.3 Å². The maximum absolute atomic E-state index is 13.3. The molecule has 3 aromatic rings. The molecule has 3 aromatic carbocycles. The van der Waals surface area contributed by atoms with Crippen LogP contribution in [0.25, 0.3) is 0 Å². The minimum atomic E-state index is -4.97. The summed E-state index contributed by atoms with van der Waals surface area (Å²) in [6, 6.07) is 11.3. The van der Waals surface area contributed by atoms with E-state index in [0.29, 0.717) is 0 Å². The number of ketones is 2. The summed E-state index contributed by atoms with van der Waals surface area (Å²) in [6.07, 6.45) is 0. The highest BCUT2D eigenvalue weighted by atomic mass is 32.2. The molecule has 12 nitrogen and oxygen atoms in total. The fraction of sp³-hybridized carbons (Fsp3) is 0. The minimum Gasteiger partial charge on any atom is -0.397 e. The van der Waals surface area contributed by atoms with Crippen molar-refractivity contribution in [1.29, 1.82) is 0 Å². The summed E-state index contributed by atoms with van der Waals surface area (Å²) in [7, 11) is -14.1. The third-order valence-electron chi connectivity index (χ3n) is 5.33. The molecule has 15 heteroatoms. The van der Waals surface area contributed by atoms with E-state index in [0.717, 1.165) is 18.2 Å². The zero-order chi connectivity index (χ0) is 27.3. The van der Waals surface area contributed by atoms with Crippen LogP contribution in [0, 0.1) is 0 Å². The van der Waals surface area contributed by atoms with Gasteiger partial charge in [0.05, 0.1) is 32.8 Å². The molecule has 0 atom stereocenters. The number of nitrogens with one attached hydrogen (secondary N) is 1. The highest BCUT2D eigenvalue weighted by molar-refractivity contribution is 7.96. The molecule has 0 saturated heterocycles. The van der Waals surface area contributed by atoms with E-state index in [9.17, 15) is 39.4 Å². The molecule has 4 rings (SSSR count). The van der Waals surface area contributed by atoms with Gasteiger partial charge in [0.1, 0.15) is 4.90 Å². The first-order chi connectivity index (χ1) is 17.1. The van der Waals surface area contributed by atoms with Gasteiger partial charge >= 0.3 is 0 Å². The first-order valence-electron chi connectivity index (χ1n) is 10.0.